The highest BCUT2D eigenvalue weighted by Crippen LogP contribution is 2.61. The van der Waals surface area contributed by atoms with Gasteiger partial charge in [0.2, 0.25) is 5.91 Å². The Morgan fingerprint density at radius 3 is 2.54 bits per heavy atom. The van der Waals surface area contributed by atoms with Crippen molar-refractivity contribution in [1.29, 1.82) is 0 Å². The van der Waals surface area contributed by atoms with Gasteiger partial charge in [-0.1, -0.05) is 24.3 Å². The molecule has 39 heavy (non-hydrogen) atoms. The number of nitrogens with one attached hydrogen (secondary N) is 1. The van der Waals surface area contributed by atoms with Crippen molar-refractivity contribution in [3.8, 4) is 0 Å². The lowest BCUT2D eigenvalue weighted by Gasteiger charge is -2.56. The second-order valence-corrected chi connectivity index (χ2v) is 14.3. The summed E-state index contributed by atoms with van der Waals surface area (Å²) < 4.78 is 7.52. The van der Waals surface area contributed by atoms with E-state index in [2.05, 4.69) is 26.7 Å². The third-order valence-electron chi connectivity index (χ3n) is 9.29. The number of aryl methyl sites for hydroxylation is 1. The monoisotopic (exact) mass is 568 g/mol. The van der Waals surface area contributed by atoms with E-state index in [1.54, 1.807) is 0 Å². The molecule has 5 aliphatic carbocycles. The molecule has 0 saturated heterocycles. The molecule has 210 valence electrons. The molecule has 2 aromatic rings. The third kappa shape index (κ3) is 5.58. The first-order valence-electron chi connectivity index (χ1n) is 14.7. The zero-order chi connectivity index (χ0) is 27.0. The number of thiophene rings is 1. The van der Waals surface area contributed by atoms with E-state index in [0.29, 0.717) is 29.1 Å². The molecule has 7 rings (SSSR count). The van der Waals surface area contributed by atoms with Gasteiger partial charge in [0.05, 0.1) is 17.9 Å². The lowest BCUT2D eigenvalue weighted by Crippen LogP contribution is -2.47. The summed E-state index contributed by atoms with van der Waals surface area (Å²) in [6.07, 6.45) is 16.3. The summed E-state index contributed by atoms with van der Waals surface area (Å²) in [6, 6.07) is 0. The number of ether oxygens (including phenoxy) is 1. The van der Waals surface area contributed by atoms with Gasteiger partial charge in [-0.25, -0.2) is 4.79 Å². The third-order valence-corrected chi connectivity index (χ3v) is 11.5. The molecular weight excluding hydrogens is 528 g/mol. The van der Waals surface area contributed by atoms with E-state index in [1.165, 1.54) is 66.5 Å². The van der Waals surface area contributed by atoms with Crippen LogP contribution in [0.15, 0.2) is 17.8 Å². The van der Waals surface area contributed by atoms with Crippen LogP contribution in [0.2, 0.25) is 0 Å². The summed E-state index contributed by atoms with van der Waals surface area (Å²) in [5, 5.41) is 13.6. The molecule has 5 aliphatic rings. The molecule has 2 aromatic heterocycles. The van der Waals surface area contributed by atoms with Crippen molar-refractivity contribution in [2.45, 2.75) is 95.7 Å². The van der Waals surface area contributed by atoms with Crippen molar-refractivity contribution < 1.29 is 14.3 Å². The van der Waals surface area contributed by atoms with E-state index in [0.717, 1.165) is 72.8 Å². The van der Waals surface area contributed by atoms with Gasteiger partial charge < -0.3 is 14.6 Å². The summed E-state index contributed by atoms with van der Waals surface area (Å²) in [5.41, 5.74) is 2.00. The molecule has 0 aliphatic heterocycles. The number of amides is 1. The van der Waals surface area contributed by atoms with Crippen molar-refractivity contribution in [2.75, 3.05) is 17.7 Å². The van der Waals surface area contributed by atoms with E-state index in [-0.39, 0.29) is 17.6 Å². The molecule has 2 heterocycles. The van der Waals surface area contributed by atoms with Crippen LogP contribution in [-0.2, 0) is 35.3 Å². The molecule has 0 atom stereocenters. The van der Waals surface area contributed by atoms with Gasteiger partial charge >= 0.3 is 5.97 Å². The fraction of sp³-hybridized carbons (Fsp3) is 0.667. The van der Waals surface area contributed by atoms with Gasteiger partial charge in [0.15, 0.2) is 5.16 Å². The molecular formula is C30H40N4O3S2. The number of carbonyl (C=O) groups is 2. The van der Waals surface area contributed by atoms with E-state index in [9.17, 15) is 9.59 Å². The van der Waals surface area contributed by atoms with Crippen molar-refractivity contribution in [3.05, 3.63) is 34.5 Å². The average molecular weight is 569 g/mol. The highest BCUT2D eigenvalue weighted by atomic mass is 32.2. The van der Waals surface area contributed by atoms with Crippen LogP contribution in [0.25, 0.3) is 0 Å². The van der Waals surface area contributed by atoms with Crippen molar-refractivity contribution >= 4 is 40.0 Å². The van der Waals surface area contributed by atoms with Crippen LogP contribution in [0.4, 0.5) is 5.00 Å². The number of rotatable bonds is 10. The van der Waals surface area contributed by atoms with E-state index >= 15 is 0 Å². The van der Waals surface area contributed by atoms with Gasteiger partial charge in [0.25, 0.3) is 0 Å². The lowest BCUT2D eigenvalue weighted by atomic mass is 9.49. The fourth-order valence-electron chi connectivity index (χ4n) is 8.25. The Morgan fingerprint density at radius 2 is 1.85 bits per heavy atom. The van der Waals surface area contributed by atoms with Gasteiger partial charge in [-0.15, -0.1) is 28.1 Å². The van der Waals surface area contributed by atoms with Crippen LogP contribution in [0, 0.1) is 23.2 Å². The van der Waals surface area contributed by atoms with Crippen LogP contribution < -0.4 is 5.32 Å². The largest absolute Gasteiger partial charge is 0.462 e. The normalized spacial score (nSPS) is 27.2. The first-order valence-corrected chi connectivity index (χ1v) is 16.5. The quantitative estimate of drug-likeness (QED) is 0.153. The number of anilines is 1. The number of esters is 1. The Hall–Kier alpha value is -2.13. The van der Waals surface area contributed by atoms with Gasteiger partial charge in [-0.3, -0.25) is 4.79 Å². The molecule has 1 N–H and O–H groups in total. The fourth-order valence-corrected chi connectivity index (χ4v) is 10.3. The summed E-state index contributed by atoms with van der Waals surface area (Å²) in [4.78, 5) is 27.2. The smallest absolute Gasteiger partial charge is 0.341 e. The van der Waals surface area contributed by atoms with E-state index in [4.69, 9.17) is 4.74 Å². The zero-order valence-corrected chi connectivity index (χ0v) is 24.6. The Balaban J connectivity index is 1.15. The van der Waals surface area contributed by atoms with Crippen molar-refractivity contribution in [1.82, 2.24) is 14.8 Å². The summed E-state index contributed by atoms with van der Waals surface area (Å²) >= 11 is 2.95. The first-order chi connectivity index (χ1) is 19.0. The van der Waals surface area contributed by atoms with Crippen LogP contribution >= 0.6 is 23.1 Å². The standard InChI is InChI=1S/C30H40N4O3S2/c1-3-10-34-24(17-30-14-19-11-20(15-30)13-21(12-19)16-30)32-33-29(34)38-18-25(35)31-27-26(28(36)37-4-2)22-8-6-5-7-9-23(22)39-27/h3,19-21H,1,4-18H2,2H3,(H,31,35). The number of thioether (sulfide) groups is 1. The maximum atomic E-state index is 13.1. The van der Waals surface area contributed by atoms with Crippen LogP contribution in [-0.4, -0.2) is 39.0 Å². The maximum absolute atomic E-state index is 13.1. The molecule has 0 unspecified atom stereocenters. The van der Waals surface area contributed by atoms with Crippen molar-refractivity contribution in [2.24, 2.45) is 23.2 Å². The van der Waals surface area contributed by atoms with E-state index in [1.807, 2.05) is 13.0 Å². The Kier molecular flexibility index (Phi) is 7.91. The minimum atomic E-state index is -0.333. The zero-order valence-electron chi connectivity index (χ0n) is 23.0. The van der Waals surface area contributed by atoms with Gasteiger partial charge in [-0.05, 0) is 99.9 Å². The highest BCUT2D eigenvalue weighted by molar-refractivity contribution is 7.99. The Morgan fingerprint density at radius 1 is 1.13 bits per heavy atom. The molecule has 4 bridgehead atoms. The number of hydrogen-bond donors (Lipinski definition) is 1. The molecule has 1 amide bonds. The van der Waals surface area contributed by atoms with Gasteiger partial charge in [0.1, 0.15) is 10.8 Å². The molecule has 0 radical (unpaired) electrons. The van der Waals surface area contributed by atoms with Crippen LogP contribution in [0.3, 0.4) is 0 Å². The van der Waals surface area contributed by atoms with E-state index < -0.39 is 0 Å². The molecule has 4 fully saturated rings. The minimum absolute atomic E-state index is 0.141. The number of hydrogen-bond acceptors (Lipinski definition) is 7. The molecule has 7 nitrogen and oxygen atoms in total. The topological polar surface area (TPSA) is 86.1 Å². The molecule has 0 spiro atoms. The second kappa shape index (κ2) is 11.4. The number of carbonyl (C=O) groups excluding carboxylic acids is 2. The number of aromatic nitrogens is 3. The molecule has 9 heteroatoms. The number of fused-ring (bicyclic) bond motifs is 1. The minimum Gasteiger partial charge on any atom is -0.462 e. The van der Waals surface area contributed by atoms with Crippen molar-refractivity contribution in [3.63, 3.8) is 0 Å². The highest BCUT2D eigenvalue weighted by Gasteiger charge is 2.51. The SMILES string of the molecule is C=CCn1c(CC23CC4CC(CC(C4)C2)C3)nnc1SCC(=O)Nc1sc2c(c1C(=O)OCC)CCCCC2. The summed E-state index contributed by atoms with van der Waals surface area (Å²) in [6.45, 7) is 6.74. The number of nitrogens with zero attached hydrogens (tertiary/aromatic N) is 3. The predicted octanol–water partition coefficient (Wildman–Crippen LogP) is 6.46. The Labute approximate surface area is 239 Å². The first kappa shape index (κ1) is 27.1. The summed E-state index contributed by atoms with van der Waals surface area (Å²) in [7, 11) is 0. The van der Waals surface area contributed by atoms with Gasteiger partial charge in [-0.2, -0.15) is 0 Å². The lowest BCUT2D eigenvalue weighted by molar-refractivity contribution is -0.113. The van der Waals surface area contributed by atoms with Crippen LogP contribution in [0.5, 0.6) is 0 Å². The molecule has 0 aromatic carbocycles. The second-order valence-electron chi connectivity index (χ2n) is 12.2. The summed E-state index contributed by atoms with van der Waals surface area (Å²) in [5.74, 6) is 3.46. The Bertz CT molecular complexity index is 1210. The molecule has 4 saturated carbocycles. The maximum Gasteiger partial charge on any atom is 0.341 e. The number of allylic oxidation sites excluding steroid dienone is 1. The van der Waals surface area contributed by atoms with Gasteiger partial charge in [0, 0.05) is 17.8 Å². The predicted molar refractivity (Wildman–Crippen MR) is 155 cm³/mol. The average Bonchev–Trinajstić information content (AvgIpc) is 3.32. The van der Waals surface area contributed by atoms with Crippen LogP contribution in [0.1, 0.15) is 91.3 Å².